The molecular weight excluding hydrogens is 362 g/mol. The van der Waals surface area contributed by atoms with Crippen molar-refractivity contribution < 1.29 is 8.42 Å². The Hall–Kier alpha value is -2.78. The van der Waals surface area contributed by atoms with Crippen LogP contribution in [0.1, 0.15) is 0 Å². The molecule has 25 heavy (non-hydrogen) atoms. The summed E-state index contributed by atoms with van der Waals surface area (Å²) >= 11 is 1.39. The number of nitrogens with one attached hydrogen (secondary N) is 3. The van der Waals surface area contributed by atoms with Crippen molar-refractivity contribution in [3.63, 3.8) is 0 Å². The van der Waals surface area contributed by atoms with E-state index in [2.05, 4.69) is 9.71 Å². The topological polar surface area (TPSA) is 112 Å². The summed E-state index contributed by atoms with van der Waals surface area (Å²) in [6.45, 7) is 0. The van der Waals surface area contributed by atoms with Gasteiger partial charge in [0.25, 0.3) is 15.6 Å². The van der Waals surface area contributed by atoms with Crippen LogP contribution in [-0.4, -0.2) is 18.4 Å². The van der Waals surface area contributed by atoms with Crippen LogP contribution in [0.25, 0.3) is 0 Å². The summed E-state index contributed by atoms with van der Waals surface area (Å²) in [6.07, 6.45) is 0.871. The lowest BCUT2D eigenvalue weighted by Crippen LogP contribution is -2.29. The van der Waals surface area contributed by atoms with Crippen LogP contribution < -0.4 is 16.0 Å². The van der Waals surface area contributed by atoms with Gasteiger partial charge in [-0.15, -0.1) is 0 Å². The van der Waals surface area contributed by atoms with E-state index in [1.807, 2.05) is 35.3 Å². The number of sulfonamides is 1. The molecule has 0 radical (unpaired) electrons. The van der Waals surface area contributed by atoms with Crippen LogP contribution in [-0.2, 0) is 10.0 Å². The minimum Gasteiger partial charge on any atom is -0.313 e. The fourth-order valence-corrected chi connectivity index (χ4v) is 4.13. The van der Waals surface area contributed by atoms with E-state index in [1.165, 1.54) is 11.8 Å². The lowest BCUT2D eigenvalue weighted by Gasteiger charge is -2.11. The lowest BCUT2D eigenvalue weighted by molar-refractivity contribution is 0.599. The van der Waals surface area contributed by atoms with Crippen LogP contribution in [0.3, 0.4) is 0 Å². The van der Waals surface area contributed by atoms with Crippen molar-refractivity contribution >= 4 is 27.5 Å². The fourth-order valence-electron chi connectivity index (χ4n) is 2.05. The van der Waals surface area contributed by atoms with Crippen LogP contribution in [0, 0.1) is 0 Å². The third kappa shape index (κ3) is 4.01. The highest BCUT2D eigenvalue weighted by Crippen LogP contribution is 2.33. The number of aromatic nitrogens is 2. The Morgan fingerprint density at radius 2 is 1.60 bits per heavy atom. The average Bonchev–Trinajstić information content (AvgIpc) is 2.57. The summed E-state index contributed by atoms with van der Waals surface area (Å²) in [4.78, 5) is 27.9. The molecule has 3 N–H and O–H groups in total. The van der Waals surface area contributed by atoms with Crippen molar-refractivity contribution in [1.82, 2.24) is 9.97 Å². The van der Waals surface area contributed by atoms with Gasteiger partial charge in [-0.05, 0) is 24.3 Å². The highest BCUT2D eigenvalue weighted by molar-refractivity contribution is 7.99. The Morgan fingerprint density at radius 3 is 2.32 bits per heavy atom. The van der Waals surface area contributed by atoms with Gasteiger partial charge in [-0.1, -0.05) is 42.1 Å². The SMILES string of the molecule is O=c1[nH]cc(S(=O)(=O)Nc2ccccc2Sc2ccccc2)c(=O)[nH]1. The van der Waals surface area contributed by atoms with E-state index < -0.39 is 26.2 Å². The van der Waals surface area contributed by atoms with Gasteiger partial charge in [0.1, 0.15) is 0 Å². The molecule has 0 spiro atoms. The van der Waals surface area contributed by atoms with Gasteiger partial charge in [0.15, 0.2) is 4.90 Å². The Labute approximate surface area is 147 Å². The normalized spacial score (nSPS) is 11.2. The van der Waals surface area contributed by atoms with Gasteiger partial charge in [-0.3, -0.25) is 14.5 Å². The zero-order valence-electron chi connectivity index (χ0n) is 12.7. The van der Waals surface area contributed by atoms with Gasteiger partial charge in [-0.2, -0.15) is 0 Å². The van der Waals surface area contributed by atoms with Crippen molar-refractivity contribution in [1.29, 1.82) is 0 Å². The van der Waals surface area contributed by atoms with E-state index in [4.69, 9.17) is 0 Å². The van der Waals surface area contributed by atoms with Gasteiger partial charge in [0, 0.05) is 16.0 Å². The molecule has 2 aromatic carbocycles. The van der Waals surface area contributed by atoms with E-state index in [-0.39, 0.29) is 0 Å². The van der Waals surface area contributed by atoms with Crippen molar-refractivity contribution in [2.75, 3.05) is 4.72 Å². The first kappa shape index (κ1) is 17.1. The summed E-state index contributed by atoms with van der Waals surface area (Å²) in [6, 6.07) is 16.3. The van der Waals surface area contributed by atoms with Gasteiger partial charge in [-0.25, -0.2) is 13.2 Å². The summed E-state index contributed by atoms with van der Waals surface area (Å²) in [7, 11) is -4.15. The first-order valence-corrected chi connectivity index (χ1v) is 9.42. The molecule has 7 nitrogen and oxygen atoms in total. The highest BCUT2D eigenvalue weighted by Gasteiger charge is 2.20. The van der Waals surface area contributed by atoms with E-state index in [9.17, 15) is 18.0 Å². The number of H-pyrrole nitrogens is 2. The average molecular weight is 375 g/mol. The molecule has 0 aliphatic heterocycles. The van der Waals surface area contributed by atoms with Crippen molar-refractivity contribution in [2.24, 2.45) is 0 Å². The molecule has 3 rings (SSSR count). The van der Waals surface area contributed by atoms with Gasteiger partial charge in [0.2, 0.25) is 0 Å². The number of rotatable bonds is 5. The van der Waals surface area contributed by atoms with E-state index in [0.717, 1.165) is 11.1 Å². The zero-order valence-corrected chi connectivity index (χ0v) is 14.4. The molecule has 0 bridgehead atoms. The molecule has 1 aromatic heterocycles. The van der Waals surface area contributed by atoms with Gasteiger partial charge >= 0.3 is 5.69 Å². The summed E-state index contributed by atoms with van der Waals surface area (Å²) < 4.78 is 27.3. The predicted molar refractivity (Wildman–Crippen MR) is 95.5 cm³/mol. The minimum absolute atomic E-state index is 0.335. The van der Waals surface area contributed by atoms with Gasteiger partial charge < -0.3 is 4.98 Å². The fraction of sp³-hybridized carbons (Fsp3) is 0. The number of anilines is 1. The summed E-state index contributed by atoms with van der Waals surface area (Å²) in [5, 5.41) is 0. The molecule has 0 amide bonds. The second-order valence-corrected chi connectivity index (χ2v) is 7.72. The van der Waals surface area contributed by atoms with E-state index in [0.29, 0.717) is 10.6 Å². The molecule has 128 valence electrons. The van der Waals surface area contributed by atoms with E-state index >= 15 is 0 Å². The number of hydrogen-bond donors (Lipinski definition) is 3. The van der Waals surface area contributed by atoms with Crippen molar-refractivity contribution in [3.8, 4) is 0 Å². The van der Waals surface area contributed by atoms with Crippen LogP contribution in [0.15, 0.2) is 85.1 Å². The second-order valence-electron chi connectivity index (χ2n) is 4.95. The smallest absolute Gasteiger partial charge is 0.313 e. The molecule has 0 aliphatic carbocycles. The monoisotopic (exact) mass is 375 g/mol. The number of para-hydroxylation sites is 1. The van der Waals surface area contributed by atoms with Gasteiger partial charge in [0.05, 0.1) is 5.69 Å². The van der Waals surface area contributed by atoms with Crippen LogP contribution >= 0.6 is 11.8 Å². The van der Waals surface area contributed by atoms with Crippen LogP contribution in [0.4, 0.5) is 5.69 Å². The molecule has 9 heteroatoms. The van der Waals surface area contributed by atoms with Crippen LogP contribution in [0.2, 0.25) is 0 Å². The molecular formula is C16H13N3O4S2. The van der Waals surface area contributed by atoms with Crippen LogP contribution in [0.5, 0.6) is 0 Å². The molecule has 0 fully saturated rings. The number of aromatic amines is 2. The maximum atomic E-state index is 12.5. The Bertz CT molecular complexity index is 1110. The minimum atomic E-state index is -4.15. The Kier molecular flexibility index (Phi) is 4.77. The molecule has 0 aliphatic rings. The zero-order chi connectivity index (χ0) is 17.9. The quantitative estimate of drug-likeness (QED) is 0.632. The van der Waals surface area contributed by atoms with Crippen molar-refractivity contribution in [3.05, 3.63) is 81.6 Å². The predicted octanol–water partition coefficient (Wildman–Crippen LogP) is 2.02. The molecule has 0 saturated heterocycles. The Morgan fingerprint density at radius 1 is 0.920 bits per heavy atom. The Balaban J connectivity index is 1.95. The third-order valence-corrected chi connectivity index (χ3v) is 5.63. The van der Waals surface area contributed by atoms with Crippen molar-refractivity contribution in [2.45, 2.75) is 14.7 Å². The van der Waals surface area contributed by atoms with E-state index in [1.54, 1.807) is 24.3 Å². The maximum absolute atomic E-state index is 12.5. The molecule has 0 atom stereocenters. The maximum Gasteiger partial charge on any atom is 0.325 e. The number of hydrogen-bond acceptors (Lipinski definition) is 5. The first-order chi connectivity index (χ1) is 12.0. The molecule has 1 heterocycles. The molecule has 0 saturated carbocycles. The number of benzene rings is 2. The third-order valence-electron chi connectivity index (χ3n) is 3.18. The largest absolute Gasteiger partial charge is 0.325 e. The first-order valence-electron chi connectivity index (χ1n) is 7.12. The summed E-state index contributed by atoms with van der Waals surface area (Å²) in [5.41, 5.74) is -1.42. The summed E-state index contributed by atoms with van der Waals surface area (Å²) in [5.74, 6) is 0. The molecule has 3 aromatic rings. The lowest BCUT2D eigenvalue weighted by atomic mass is 10.3. The molecule has 0 unspecified atom stereocenters. The second kappa shape index (κ2) is 6.99. The highest BCUT2D eigenvalue weighted by atomic mass is 32.2. The standard InChI is InChI=1S/C16H13N3O4S2/c20-15-14(10-17-16(21)18-15)25(22,23)19-12-8-4-5-9-13(12)24-11-6-2-1-3-7-11/h1-10,19H,(H2,17,18,20,21).